The summed E-state index contributed by atoms with van der Waals surface area (Å²) < 4.78 is 9.98. The van der Waals surface area contributed by atoms with Gasteiger partial charge >= 0.3 is 5.97 Å². The molecule has 0 heterocycles. The van der Waals surface area contributed by atoms with Crippen molar-refractivity contribution < 1.29 is 23.9 Å². The lowest BCUT2D eigenvalue weighted by Gasteiger charge is -2.09. The number of hydrazine groups is 1. The van der Waals surface area contributed by atoms with Crippen molar-refractivity contribution in [1.82, 2.24) is 10.9 Å². The quantitative estimate of drug-likeness (QED) is 0.547. The Labute approximate surface area is 145 Å². The van der Waals surface area contributed by atoms with Crippen molar-refractivity contribution >= 4 is 29.4 Å². The first kappa shape index (κ1) is 19.8. The zero-order valence-electron chi connectivity index (χ0n) is 13.6. The number of amides is 2. The van der Waals surface area contributed by atoms with E-state index in [4.69, 9.17) is 21.1 Å². The van der Waals surface area contributed by atoms with E-state index in [-0.39, 0.29) is 13.0 Å². The number of benzene rings is 1. The smallest absolute Gasteiger partial charge is 0.306 e. The van der Waals surface area contributed by atoms with E-state index >= 15 is 0 Å². The van der Waals surface area contributed by atoms with Gasteiger partial charge in [0.05, 0.1) is 0 Å². The van der Waals surface area contributed by atoms with Gasteiger partial charge in [0.15, 0.2) is 13.2 Å². The Morgan fingerprint density at radius 2 is 1.62 bits per heavy atom. The molecule has 0 aromatic heterocycles. The molecular weight excluding hydrogens is 336 g/mol. The molecule has 0 saturated carbocycles. The van der Waals surface area contributed by atoms with Crippen LogP contribution in [0.4, 0.5) is 0 Å². The number of nitrogens with one attached hydrogen (secondary N) is 2. The van der Waals surface area contributed by atoms with Crippen LogP contribution in [-0.4, -0.2) is 31.0 Å². The fraction of sp³-hybridized carbons (Fsp3) is 0.438. The van der Waals surface area contributed by atoms with Crippen LogP contribution in [0.2, 0.25) is 5.02 Å². The van der Waals surface area contributed by atoms with Crippen LogP contribution in [0.1, 0.15) is 26.7 Å². The van der Waals surface area contributed by atoms with Crippen LogP contribution in [0, 0.1) is 5.92 Å². The average molecular weight is 357 g/mol. The van der Waals surface area contributed by atoms with Gasteiger partial charge in [-0.2, -0.15) is 0 Å². The monoisotopic (exact) mass is 356 g/mol. The van der Waals surface area contributed by atoms with Gasteiger partial charge in [0.2, 0.25) is 0 Å². The lowest BCUT2D eigenvalue weighted by Crippen LogP contribution is -2.45. The first-order chi connectivity index (χ1) is 11.4. The van der Waals surface area contributed by atoms with Crippen molar-refractivity contribution in [1.29, 1.82) is 0 Å². The van der Waals surface area contributed by atoms with E-state index in [2.05, 4.69) is 10.9 Å². The van der Waals surface area contributed by atoms with Crippen LogP contribution < -0.4 is 15.6 Å². The van der Waals surface area contributed by atoms with Gasteiger partial charge in [-0.05, 0) is 36.6 Å². The Morgan fingerprint density at radius 1 is 1.04 bits per heavy atom. The molecule has 1 aromatic rings. The van der Waals surface area contributed by atoms with E-state index in [1.807, 2.05) is 13.8 Å². The highest BCUT2D eigenvalue weighted by atomic mass is 35.5. The largest absolute Gasteiger partial charge is 0.484 e. The van der Waals surface area contributed by atoms with Crippen molar-refractivity contribution in [2.45, 2.75) is 26.7 Å². The van der Waals surface area contributed by atoms with Crippen LogP contribution in [-0.2, 0) is 19.1 Å². The molecule has 8 heteroatoms. The molecule has 132 valence electrons. The summed E-state index contributed by atoms with van der Waals surface area (Å²) in [6, 6.07) is 6.49. The third-order valence-corrected chi connectivity index (χ3v) is 3.07. The fourth-order valence-corrected chi connectivity index (χ4v) is 1.64. The Balaban J connectivity index is 2.15. The SMILES string of the molecule is CC(C)CCC(=O)OCC(=O)NNC(=O)COc1ccc(Cl)cc1. The van der Waals surface area contributed by atoms with Gasteiger partial charge in [0.25, 0.3) is 11.8 Å². The second-order valence-corrected chi connectivity index (χ2v) is 5.87. The topological polar surface area (TPSA) is 93.7 Å². The predicted octanol–water partition coefficient (Wildman–Crippen LogP) is 1.85. The van der Waals surface area contributed by atoms with Crippen LogP contribution in [0.3, 0.4) is 0 Å². The molecule has 7 nitrogen and oxygen atoms in total. The molecule has 0 bridgehead atoms. The summed E-state index contributed by atoms with van der Waals surface area (Å²) in [4.78, 5) is 34.3. The molecule has 2 amide bonds. The maximum Gasteiger partial charge on any atom is 0.306 e. The number of hydrogen-bond acceptors (Lipinski definition) is 5. The molecule has 1 aromatic carbocycles. The predicted molar refractivity (Wildman–Crippen MR) is 88.3 cm³/mol. The molecule has 1 rings (SSSR count). The molecule has 0 spiro atoms. The third-order valence-electron chi connectivity index (χ3n) is 2.81. The summed E-state index contributed by atoms with van der Waals surface area (Å²) in [7, 11) is 0. The molecule has 0 aliphatic rings. The van der Waals surface area contributed by atoms with Crippen molar-refractivity contribution in [2.24, 2.45) is 5.92 Å². The van der Waals surface area contributed by atoms with Gasteiger partial charge < -0.3 is 9.47 Å². The molecule has 0 aliphatic carbocycles. The van der Waals surface area contributed by atoms with Crippen molar-refractivity contribution in [2.75, 3.05) is 13.2 Å². The Kier molecular flexibility index (Phi) is 8.64. The van der Waals surface area contributed by atoms with Crippen LogP contribution in [0.5, 0.6) is 5.75 Å². The zero-order chi connectivity index (χ0) is 17.9. The minimum atomic E-state index is -0.632. The van der Waals surface area contributed by atoms with Gasteiger partial charge in [0, 0.05) is 11.4 Å². The minimum Gasteiger partial charge on any atom is -0.484 e. The van der Waals surface area contributed by atoms with E-state index in [1.54, 1.807) is 24.3 Å². The normalized spacial score (nSPS) is 10.2. The average Bonchev–Trinajstić information content (AvgIpc) is 2.55. The molecule has 0 atom stereocenters. The second-order valence-electron chi connectivity index (χ2n) is 5.43. The second kappa shape index (κ2) is 10.5. The molecule has 0 fully saturated rings. The van der Waals surface area contributed by atoms with Gasteiger partial charge in [-0.3, -0.25) is 25.2 Å². The molecule has 24 heavy (non-hydrogen) atoms. The molecular formula is C16H21ClN2O5. The minimum absolute atomic E-state index is 0.256. The molecule has 0 saturated heterocycles. The highest BCUT2D eigenvalue weighted by Gasteiger charge is 2.09. The molecule has 0 unspecified atom stereocenters. The van der Waals surface area contributed by atoms with Gasteiger partial charge in [-0.1, -0.05) is 25.4 Å². The maximum absolute atomic E-state index is 11.5. The fourth-order valence-electron chi connectivity index (χ4n) is 1.52. The summed E-state index contributed by atoms with van der Waals surface area (Å²) in [5, 5.41) is 0.557. The Morgan fingerprint density at radius 3 is 2.21 bits per heavy atom. The van der Waals surface area contributed by atoms with Crippen molar-refractivity contribution in [3.63, 3.8) is 0 Å². The maximum atomic E-state index is 11.5. The van der Waals surface area contributed by atoms with Crippen molar-refractivity contribution in [3.8, 4) is 5.75 Å². The van der Waals surface area contributed by atoms with E-state index < -0.39 is 24.4 Å². The van der Waals surface area contributed by atoms with E-state index in [0.717, 1.165) is 0 Å². The van der Waals surface area contributed by atoms with E-state index in [9.17, 15) is 14.4 Å². The molecule has 2 N–H and O–H groups in total. The van der Waals surface area contributed by atoms with Crippen LogP contribution in [0.25, 0.3) is 0 Å². The van der Waals surface area contributed by atoms with Crippen molar-refractivity contribution in [3.05, 3.63) is 29.3 Å². The summed E-state index contributed by atoms with van der Waals surface area (Å²) in [5.74, 6) is -0.778. The highest BCUT2D eigenvalue weighted by Crippen LogP contribution is 2.15. The Bertz CT molecular complexity index is 560. The number of carbonyl (C=O) groups excluding carboxylic acids is 3. The van der Waals surface area contributed by atoms with Gasteiger partial charge in [-0.15, -0.1) is 0 Å². The Hall–Kier alpha value is -2.28. The zero-order valence-corrected chi connectivity index (χ0v) is 14.4. The lowest BCUT2D eigenvalue weighted by molar-refractivity contribution is -0.149. The van der Waals surface area contributed by atoms with Gasteiger partial charge in [0.1, 0.15) is 5.75 Å². The highest BCUT2D eigenvalue weighted by molar-refractivity contribution is 6.30. The summed E-state index contributed by atoms with van der Waals surface area (Å²) in [5.41, 5.74) is 4.29. The summed E-state index contributed by atoms with van der Waals surface area (Å²) in [6.45, 7) is 3.24. The first-order valence-electron chi connectivity index (χ1n) is 7.48. The number of carbonyl (C=O) groups is 3. The number of esters is 1. The standard InChI is InChI=1S/C16H21ClN2O5/c1-11(2)3-8-16(22)24-10-15(21)19-18-14(20)9-23-13-6-4-12(17)5-7-13/h4-7,11H,3,8-10H2,1-2H3,(H,18,20)(H,19,21). The third kappa shape index (κ3) is 8.99. The summed E-state index contributed by atoms with van der Waals surface area (Å²) >= 11 is 5.73. The number of halogens is 1. The van der Waals surface area contributed by atoms with Gasteiger partial charge in [-0.25, -0.2) is 0 Å². The number of ether oxygens (including phenoxy) is 2. The van der Waals surface area contributed by atoms with E-state index in [0.29, 0.717) is 23.1 Å². The number of rotatable bonds is 8. The van der Waals surface area contributed by atoms with Crippen LogP contribution in [0.15, 0.2) is 24.3 Å². The molecule has 0 radical (unpaired) electrons. The first-order valence-corrected chi connectivity index (χ1v) is 7.86. The lowest BCUT2D eigenvalue weighted by atomic mass is 10.1. The molecule has 0 aliphatic heterocycles. The van der Waals surface area contributed by atoms with E-state index in [1.165, 1.54) is 0 Å². The van der Waals surface area contributed by atoms with Crippen LogP contribution >= 0.6 is 11.6 Å². The summed E-state index contributed by atoms with van der Waals surface area (Å²) in [6.07, 6.45) is 0.950. The number of hydrogen-bond donors (Lipinski definition) is 2.